The molecule has 0 spiro atoms. The molecule has 370 valence electrons. The predicted octanol–water partition coefficient (Wildman–Crippen LogP) is 10.4. The molecule has 1 aliphatic rings. The van der Waals surface area contributed by atoms with Gasteiger partial charge < -0.3 is 39.9 Å². The van der Waals surface area contributed by atoms with E-state index in [-0.39, 0.29) is 12.8 Å². The monoisotopic (exact) mass is 919 g/mol. The molecule has 0 amide bonds. The number of carbonyl (C=O) groups is 2. The van der Waals surface area contributed by atoms with Gasteiger partial charge in [-0.25, -0.2) is 4.57 Å². The first kappa shape index (κ1) is 59.3. The summed E-state index contributed by atoms with van der Waals surface area (Å²) in [7, 11) is -5.12. The second-order valence-corrected chi connectivity index (χ2v) is 19.2. The molecule has 0 aliphatic heterocycles. The highest BCUT2D eigenvalue weighted by Gasteiger charge is 2.51. The Balaban J connectivity index is 2.40. The number of phosphoric acid groups is 1. The summed E-state index contributed by atoms with van der Waals surface area (Å²) < 4.78 is 33.6. The third-order valence-corrected chi connectivity index (χ3v) is 12.9. The minimum absolute atomic E-state index is 0.0963. The van der Waals surface area contributed by atoms with Gasteiger partial charge >= 0.3 is 19.8 Å². The van der Waals surface area contributed by atoms with Gasteiger partial charge in [0.1, 0.15) is 43.2 Å². The average Bonchev–Trinajstić information content (AvgIpc) is 3.26. The fraction of sp³-hybridized carbons (Fsp3) is 0.878. The molecule has 1 saturated carbocycles. The Hall–Kier alpha value is -1.67. The molecule has 0 saturated heterocycles. The Bertz CT molecular complexity index is 1190. The minimum Gasteiger partial charge on any atom is -0.462 e. The van der Waals surface area contributed by atoms with Crippen LogP contribution in [0.25, 0.3) is 0 Å². The van der Waals surface area contributed by atoms with Gasteiger partial charge in [0.25, 0.3) is 0 Å². The number of ether oxygens (including phenoxy) is 2. The fourth-order valence-electron chi connectivity index (χ4n) is 7.85. The second kappa shape index (κ2) is 39.5. The Kier molecular flexibility index (Phi) is 37.2. The van der Waals surface area contributed by atoms with Crippen molar-refractivity contribution in [2.45, 2.75) is 262 Å². The molecule has 0 aromatic rings. The zero-order chi connectivity index (χ0) is 46.4. The SMILES string of the molecule is C=CCCCCCCCCCCCCCCCC(=O)OC[C@H](COP(=O)(O)OC1C(O)C(O)C(O)[C@@H](O)C1O)OC(=O)CCCCCCCCCCC/C=C/CCCCCCCC. The molecule has 1 fully saturated rings. The van der Waals surface area contributed by atoms with E-state index in [9.17, 15) is 44.6 Å². The number of allylic oxidation sites excluding steroid dienone is 3. The number of aliphatic hydroxyl groups excluding tert-OH is 5. The first-order valence-corrected chi connectivity index (χ1v) is 26.6. The molecule has 0 bridgehead atoms. The summed E-state index contributed by atoms with van der Waals surface area (Å²) in [5.41, 5.74) is 0. The van der Waals surface area contributed by atoms with Crippen LogP contribution in [0.1, 0.15) is 219 Å². The number of phosphoric ester groups is 1. The van der Waals surface area contributed by atoms with Crippen LogP contribution in [0, 0.1) is 0 Å². The van der Waals surface area contributed by atoms with E-state index in [0.717, 1.165) is 57.8 Å². The molecule has 0 aromatic heterocycles. The van der Waals surface area contributed by atoms with E-state index in [1.165, 1.54) is 128 Å². The summed E-state index contributed by atoms with van der Waals surface area (Å²) in [6.45, 7) is 4.85. The van der Waals surface area contributed by atoms with Crippen molar-refractivity contribution in [1.82, 2.24) is 0 Å². The van der Waals surface area contributed by atoms with E-state index < -0.39 is 75.7 Å². The van der Waals surface area contributed by atoms with Crippen molar-refractivity contribution >= 4 is 19.8 Å². The van der Waals surface area contributed by atoms with Crippen molar-refractivity contribution in [3.05, 3.63) is 24.8 Å². The molecule has 6 unspecified atom stereocenters. The molecular formula is C49H91O13P. The maximum absolute atomic E-state index is 12.8. The smallest absolute Gasteiger partial charge is 0.462 e. The number of esters is 2. The molecule has 8 atom stereocenters. The first-order valence-electron chi connectivity index (χ1n) is 25.1. The van der Waals surface area contributed by atoms with Crippen molar-refractivity contribution in [1.29, 1.82) is 0 Å². The fourth-order valence-corrected chi connectivity index (χ4v) is 8.82. The van der Waals surface area contributed by atoms with Crippen LogP contribution in [0.4, 0.5) is 0 Å². The van der Waals surface area contributed by atoms with Gasteiger partial charge in [0.2, 0.25) is 0 Å². The Morgan fingerprint density at radius 1 is 0.524 bits per heavy atom. The van der Waals surface area contributed by atoms with Gasteiger partial charge in [0, 0.05) is 12.8 Å². The lowest BCUT2D eigenvalue weighted by molar-refractivity contribution is -0.220. The standard InChI is InChI=1S/C49H91O13P/c1-3-5-7-9-11-13-15-17-19-20-21-22-24-26-28-30-32-34-36-38-43(51)61-41(40-60-63(57,58)62-49-47(55)45(53)44(52)46(54)48(49)56)39-59-42(50)37-35-33-31-29-27-25-23-18-16-14-12-10-8-6-4-2/h4,17,19,41,44-49,52-56H,2-3,5-16,18,20-40H2,1H3,(H,57,58)/b19-17+/t41-,44?,45-,46?,47?,48?,49?/m1/s1. The van der Waals surface area contributed by atoms with Crippen LogP contribution in [-0.2, 0) is 32.7 Å². The van der Waals surface area contributed by atoms with Gasteiger partial charge in [-0.15, -0.1) is 6.58 Å². The molecule has 0 aromatic carbocycles. The molecule has 63 heavy (non-hydrogen) atoms. The largest absolute Gasteiger partial charge is 0.472 e. The molecular weight excluding hydrogens is 827 g/mol. The second-order valence-electron chi connectivity index (χ2n) is 17.8. The van der Waals surface area contributed by atoms with E-state index in [2.05, 4.69) is 25.7 Å². The van der Waals surface area contributed by atoms with E-state index in [1.807, 2.05) is 6.08 Å². The maximum atomic E-state index is 12.8. The van der Waals surface area contributed by atoms with Crippen molar-refractivity contribution in [2.24, 2.45) is 0 Å². The number of unbranched alkanes of at least 4 members (excludes halogenated alkanes) is 28. The maximum Gasteiger partial charge on any atom is 0.472 e. The lowest BCUT2D eigenvalue weighted by atomic mass is 9.85. The van der Waals surface area contributed by atoms with Crippen molar-refractivity contribution in [3.63, 3.8) is 0 Å². The van der Waals surface area contributed by atoms with Crippen molar-refractivity contribution in [2.75, 3.05) is 13.2 Å². The molecule has 0 radical (unpaired) electrons. The number of hydrogen-bond donors (Lipinski definition) is 6. The zero-order valence-corrected chi connectivity index (χ0v) is 40.1. The van der Waals surface area contributed by atoms with Gasteiger partial charge in [-0.3, -0.25) is 18.6 Å². The summed E-state index contributed by atoms with van der Waals surface area (Å²) in [5.74, 6) is -1.10. The molecule has 13 nitrogen and oxygen atoms in total. The predicted molar refractivity (Wildman–Crippen MR) is 249 cm³/mol. The minimum atomic E-state index is -5.12. The zero-order valence-electron chi connectivity index (χ0n) is 39.2. The van der Waals surface area contributed by atoms with Gasteiger partial charge in [0.05, 0.1) is 6.61 Å². The van der Waals surface area contributed by atoms with E-state index in [4.69, 9.17) is 18.5 Å². The lowest BCUT2D eigenvalue weighted by Gasteiger charge is -2.41. The van der Waals surface area contributed by atoms with Crippen LogP contribution in [-0.4, -0.2) is 98.3 Å². The summed E-state index contributed by atoms with van der Waals surface area (Å²) in [6.07, 6.45) is 29.7. The summed E-state index contributed by atoms with van der Waals surface area (Å²) in [4.78, 5) is 35.8. The van der Waals surface area contributed by atoms with Crippen molar-refractivity contribution in [3.8, 4) is 0 Å². The average molecular weight is 919 g/mol. The highest BCUT2D eigenvalue weighted by Crippen LogP contribution is 2.47. The van der Waals surface area contributed by atoms with Gasteiger partial charge in [-0.05, 0) is 51.4 Å². The number of aliphatic hydroxyl groups is 5. The van der Waals surface area contributed by atoms with Crippen LogP contribution in [0.2, 0.25) is 0 Å². The molecule has 6 N–H and O–H groups in total. The number of hydrogen-bond acceptors (Lipinski definition) is 12. The van der Waals surface area contributed by atoms with Crippen LogP contribution in [0.5, 0.6) is 0 Å². The summed E-state index contributed by atoms with van der Waals surface area (Å²) in [6, 6.07) is 0. The Labute approximate surface area is 381 Å². The van der Waals surface area contributed by atoms with Crippen LogP contribution >= 0.6 is 7.82 Å². The van der Waals surface area contributed by atoms with Crippen LogP contribution in [0.3, 0.4) is 0 Å². The van der Waals surface area contributed by atoms with Crippen LogP contribution < -0.4 is 0 Å². The number of carbonyl (C=O) groups excluding carboxylic acids is 2. The Morgan fingerprint density at radius 3 is 1.32 bits per heavy atom. The first-order chi connectivity index (χ1) is 30.4. The summed E-state index contributed by atoms with van der Waals surface area (Å²) in [5, 5.41) is 50.2. The molecule has 1 aliphatic carbocycles. The quantitative estimate of drug-likeness (QED) is 0.0146. The highest BCUT2D eigenvalue weighted by atomic mass is 31.2. The lowest BCUT2D eigenvalue weighted by Crippen LogP contribution is -2.64. The third-order valence-electron chi connectivity index (χ3n) is 11.9. The van der Waals surface area contributed by atoms with E-state index in [1.54, 1.807) is 0 Å². The molecule has 1 rings (SSSR count). The normalized spacial score (nSPS) is 21.6. The van der Waals surface area contributed by atoms with Crippen molar-refractivity contribution < 1.29 is 63.1 Å². The van der Waals surface area contributed by atoms with Gasteiger partial charge in [-0.2, -0.15) is 0 Å². The highest BCUT2D eigenvalue weighted by molar-refractivity contribution is 7.47. The van der Waals surface area contributed by atoms with Gasteiger partial charge in [-0.1, -0.05) is 173 Å². The molecule has 14 heteroatoms. The number of rotatable bonds is 43. The third kappa shape index (κ3) is 31.8. The molecule has 0 heterocycles. The van der Waals surface area contributed by atoms with E-state index >= 15 is 0 Å². The Morgan fingerprint density at radius 2 is 0.889 bits per heavy atom. The summed E-state index contributed by atoms with van der Waals surface area (Å²) >= 11 is 0. The van der Waals surface area contributed by atoms with Crippen LogP contribution in [0.15, 0.2) is 24.8 Å². The van der Waals surface area contributed by atoms with Gasteiger partial charge in [0.15, 0.2) is 6.10 Å². The van der Waals surface area contributed by atoms with E-state index in [0.29, 0.717) is 12.8 Å². The topological polar surface area (TPSA) is 210 Å².